The molecule has 0 aromatic carbocycles. The molecule has 106 valence electrons. The van der Waals surface area contributed by atoms with Gasteiger partial charge in [-0.1, -0.05) is 0 Å². The maximum atomic E-state index is 12.4. The Labute approximate surface area is 124 Å². The number of methoxy groups -OCH3 is 1. The van der Waals surface area contributed by atoms with Crippen molar-refractivity contribution in [2.24, 2.45) is 5.92 Å². The highest BCUT2D eigenvalue weighted by molar-refractivity contribution is 9.11. The van der Waals surface area contributed by atoms with Crippen molar-refractivity contribution >= 4 is 43.3 Å². The lowest BCUT2D eigenvalue weighted by Gasteiger charge is -2.29. The number of carbonyl (C=O) groups is 1. The lowest BCUT2D eigenvalue weighted by atomic mass is 10.0. The highest BCUT2D eigenvalue weighted by atomic mass is 79.9. The van der Waals surface area contributed by atoms with E-state index in [4.69, 9.17) is 4.74 Å². The average Bonchev–Trinajstić information content (AvgIpc) is 2.85. The van der Waals surface area contributed by atoms with E-state index in [0.29, 0.717) is 23.6 Å². The van der Waals surface area contributed by atoms with E-state index in [9.17, 15) is 13.2 Å². The lowest BCUT2D eigenvalue weighted by molar-refractivity contribution is -0.146. The largest absolute Gasteiger partial charge is 0.469 e. The first-order chi connectivity index (χ1) is 8.95. The Bertz CT molecular complexity index is 569. The minimum Gasteiger partial charge on any atom is -0.469 e. The molecule has 1 aromatic heterocycles. The number of carbonyl (C=O) groups excluding carboxylic acids is 1. The summed E-state index contributed by atoms with van der Waals surface area (Å²) < 4.78 is 32.0. The number of ether oxygens (including phenoxy) is 1. The summed E-state index contributed by atoms with van der Waals surface area (Å²) in [5.41, 5.74) is 0. The Morgan fingerprint density at radius 2 is 2.26 bits per heavy atom. The third kappa shape index (κ3) is 3.18. The smallest absolute Gasteiger partial charge is 0.309 e. The van der Waals surface area contributed by atoms with Crippen LogP contribution in [0.3, 0.4) is 0 Å². The number of esters is 1. The molecule has 2 heterocycles. The molecule has 0 bridgehead atoms. The minimum atomic E-state index is -3.50. The second-order valence-electron chi connectivity index (χ2n) is 4.28. The summed E-state index contributed by atoms with van der Waals surface area (Å²) in [5.74, 6) is -0.704. The number of halogens is 1. The summed E-state index contributed by atoms with van der Waals surface area (Å²) in [5, 5.41) is 0. The van der Waals surface area contributed by atoms with Gasteiger partial charge in [-0.15, -0.1) is 11.3 Å². The second kappa shape index (κ2) is 5.90. The van der Waals surface area contributed by atoms with Crippen LogP contribution in [-0.2, 0) is 19.6 Å². The fourth-order valence-corrected chi connectivity index (χ4v) is 5.77. The van der Waals surface area contributed by atoms with Crippen LogP contribution in [0.1, 0.15) is 12.8 Å². The van der Waals surface area contributed by atoms with E-state index >= 15 is 0 Å². The number of hydrogen-bond acceptors (Lipinski definition) is 5. The Kier molecular flexibility index (Phi) is 4.65. The molecule has 0 radical (unpaired) electrons. The summed E-state index contributed by atoms with van der Waals surface area (Å²) in [6, 6.07) is 3.28. The van der Waals surface area contributed by atoms with Crippen molar-refractivity contribution in [1.29, 1.82) is 0 Å². The van der Waals surface area contributed by atoms with E-state index in [1.807, 2.05) is 0 Å². The summed E-state index contributed by atoms with van der Waals surface area (Å²) >= 11 is 4.43. The average molecular weight is 368 g/mol. The van der Waals surface area contributed by atoms with E-state index < -0.39 is 10.0 Å². The zero-order chi connectivity index (χ0) is 14.0. The van der Waals surface area contributed by atoms with Gasteiger partial charge in [0.25, 0.3) is 10.0 Å². The van der Waals surface area contributed by atoms with E-state index in [1.165, 1.54) is 22.8 Å². The molecule has 0 N–H and O–H groups in total. The number of sulfonamides is 1. The van der Waals surface area contributed by atoms with Crippen molar-refractivity contribution in [3.63, 3.8) is 0 Å². The maximum Gasteiger partial charge on any atom is 0.309 e. The SMILES string of the molecule is COC(=O)[C@@H]1CCCN(S(=O)(=O)c2ccc(Br)s2)C1. The van der Waals surface area contributed by atoms with Crippen LogP contribution in [0.25, 0.3) is 0 Å². The van der Waals surface area contributed by atoms with Crippen LogP contribution >= 0.6 is 27.3 Å². The summed E-state index contributed by atoms with van der Waals surface area (Å²) in [7, 11) is -2.18. The molecule has 1 atom stereocenters. The van der Waals surface area contributed by atoms with E-state index in [0.717, 1.165) is 3.79 Å². The van der Waals surface area contributed by atoms with Crippen molar-refractivity contribution in [1.82, 2.24) is 4.31 Å². The van der Waals surface area contributed by atoms with Gasteiger partial charge in [-0.3, -0.25) is 4.79 Å². The third-order valence-electron chi connectivity index (χ3n) is 3.06. The van der Waals surface area contributed by atoms with Crippen LogP contribution < -0.4 is 0 Å². The van der Waals surface area contributed by atoms with Crippen molar-refractivity contribution < 1.29 is 17.9 Å². The standard InChI is InChI=1S/C11H14BrNO4S2/c1-17-11(14)8-3-2-6-13(7-8)19(15,16)10-5-4-9(12)18-10/h4-5,8H,2-3,6-7H2,1H3/t8-/m1/s1. The molecule has 0 unspecified atom stereocenters. The minimum absolute atomic E-state index is 0.199. The fourth-order valence-electron chi connectivity index (χ4n) is 2.08. The van der Waals surface area contributed by atoms with E-state index in [2.05, 4.69) is 15.9 Å². The number of hydrogen-bond donors (Lipinski definition) is 0. The highest BCUT2D eigenvalue weighted by Crippen LogP contribution is 2.30. The Morgan fingerprint density at radius 1 is 1.53 bits per heavy atom. The highest BCUT2D eigenvalue weighted by Gasteiger charge is 2.34. The van der Waals surface area contributed by atoms with Gasteiger partial charge in [-0.25, -0.2) is 8.42 Å². The maximum absolute atomic E-state index is 12.4. The number of piperidine rings is 1. The molecule has 2 rings (SSSR count). The van der Waals surface area contributed by atoms with Crippen LogP contribution in [0.5, 0.6) is 0 Å². The molecule has 0 amide bonds. The van der Waals surface area contributed by atoms with Gasteiger partial charge in [-0.2, -0.15) is 4.31 Å². The number of nitrogens with zero attached hydrogens (tertiary/aromatic N) is 1. The molecule has 1 aliphatic rings. The van der Waals surface area contributed by atoms with E-state index in [-0.39, 0.29) is 18.4 Å². The van der Waals surface area contributed by atoms with Crippen molar-refractivity contribution in [2.45, 2.75) is 17.1 Å². The Hall–Kier alpha value is -0.440. The van der Waals surface area contributed by atoms with Crippen LogP contribution in [0.4, 0.5) is 0 Å². The topological polar surface area (TPSA) is 63.7 Å². The first-order valence-corrected chi connectivity index (χ1v) is 8.83. The molecule has 5 nitrogen and oxygen atoms in total. The molecule has 0 spiro atoms. The van der Waals surface area contributed by atoms with Gasteiger partial charge in [0.15, 0.2) is 0 Å². The van der Waals surface area contributed by atoms with Gasteiger partial charge >= 0.3 is 5.97 Å². The van der Waals surface area contributed by atoms with Gasteiger partial charge < -0.3 is 4.74 Å². The van der Waals surface area contributed by atoms with Crippen LogP contribution in [0.2, 0.25) is 0 Å². The predicted octanol–water partition coefficient (Wildman–Crippen LogP) is 2.08. The molecule has 1 saturated heterocycles. The normalized spacial score (nSPS) is 21.3. The second-order valence-corrected chi connectivity index (χ2v) is 8.91. The van der Waals surface area contributed by atoms with Crippen LogP contribution in [0.15, 0.2) is 20.1 Å². The van der Waals surface area contributed by atoms with Crippen molar-refractivity contribution in [2.75, 3.05) is 20.2 Å². The summed E-state index contributed by atoms with van der Waals surface area (Å²) in [6.07, 6.45) is 1.35. The van der Waals surface area contributed by atoms with Gasteiger partial charge in [0, 0.05) is 13.1 Å². The van der Waals surface area contributed by atoms with Crippen LogP contribution in [0, 0.1) is 5.92 Å². The first kappa shape index (κ1) is 15.0. The molecular formula is C11H14BrNO4S2. The Balaban J connectivity index is 2.19. The summed E-state index contributed by atoms with van der Waals surface area (Å²) in [6.45, 7) is 0.649. The number of thiophene rings is 1. The molecule has 19 heavy (non-hydrogen) atoms. The quantitative estimate of drug-likeness (QED) is 0.767. The lowest BCUT2D eigenvalue weighted by Crippen LogP contribution is -2.42. The molecule has 1 fully saturated rings. The van der Waals surface area contributed by atoms with Crippen molar-refractivity contribution in [3.8, 4) is 0 Å². The van der Waals surface area contributed by atoms with E-state index in [1.54, 1.807) is 12.1 Å². The first-order valence-electron chi connectivity index (χ1n) is 5.78. The van der Waals surface area contributed by atoms with Crippen molar-refractivity contribution in [3.05, 3.63) is 15.9 Å². The van der Waals surface area contributed by atoms with Gasteiger partial charge in [-0.05, 0) is 40.9 Å². The molecule has 8 heteroatoms. The molecule has 1 aliphatic heterocycles. The van der Waals surface area contributed by atoms with Gasteiger partial charge in [0.1, 0.15) is 4.21 Å². The molecule has 0 saturated carbocycles. The number of rotatable bonds is 3. The fraction of sp³-hybridized carbons (Fsp3) is 0.545. The molecule has 0 aliphatic carbocycles. The Morgan fingerprint density at radius 3 is 2.84 bits per heavy atom. The predicted molar refractivity (Wildman–Crippen MR) is 75.5 cm³/mol. The molecule has 1 aromatic rings. The summed E-state index contributed by atoms with van der Waals surface area (Å²) in [4.78, 5) is 11.5. The van der Waals surface area contributed by atoms with Gasteiger partial charge in [0.2, 0.25) is 0 Å². The third-order valence-corrected chi connectivity index (χ3v) is 7.02. The molecular weight excluding hydrogens is 354 g/mol. The zero-order valence-electron chi connectivity index (χ0n) is 10.3. The van der Waals surface area contributed by atoms with Crippen LogP contribution in [-0.4, -0.2) is 38.9 Å². The monoisotopic (exact) mass is 367 g/mol. The van der Waals surface area contributed by atoms with Gasteiger partial charge in [0.05, 0.1) is 16.8 Å². The zero-order valence-corrected chi connectivity index (χ0v) is 13.6.